The van der Waals surface area contributed by atoms with Crippen LogP contribution < -0.4 is 5.73 Å². The summed E-state index contributed by atoms with van der Waals surface area (Å²) in [5.74, 6) is 0.0888. The molecule has 7 heteroatoms. The van der Waals surface area contributed by atoms with Gasteiger partial charge in [-0.3, -0.25) is 0 Å². The van der Waals surface area contributed by atoms with Crippen LogP contribution >= 0.6 is 0 Å². The molecule has 2 N–H and O–H groups in total. The van der Waals surface area contributed by atoms with Gasteiger partial charge in [0, 0.05) is 12.2 Å². The van der Waals surface area contributed by atoms with E-state index < -0.39 is 5.82 Å². The lowest BCUT2D eigenvalue weighted by Crippen LogP contribution is -2.35. The van der Waals surface area contributed by atoms with Gasteiger partial charge in [-0.25, -0.2) is 9.07 Å². The Morgan fingerprint density at radius 1 is 1.43 bits per heavy atom. The molecular formula is C14H18FN5O. The zero-order valence-corrected chi connectivity index (χ0v) is 12.1. The van der Waals surface area contributed by atoms with E-state index in [9.17, 15) is 4.39 Å². The van der Waals surface area contributed by atoms with Crippen LogP contribution in [0.5, 0.6) is 0 Å². The highest BCUT2D eigenvalue weighted by atomic mass is 19.1. The van der Waals surface area contributed by atoms with Crippen LogP contribution in [0.1, 0.15) is 32.7 Å². The Hall–Kier alpha value is -2.02. The summed E-state index contributed by atoms with van der Waals surface area (Å²) < 4.78 is 21.1. The van der Waals surface area contributed by atoms with E-state index in [4.69, 9.17) is 10.5 Å². The van der Waals surface area contributed by atoms with Gasteiger partial charge in [-0.15, -0.1) is 5.10 Å². The second-order valence-electron chi connectivity index (χ2n) is 5.94. The predicted octanol–water partition coefficient (Wildman–Crippen LogP) is 2.19. The van der Waals surface area contributed by atoms with Gasteiger partial charge in [0.2, 0.25) is 0 Å². The van der Waals surface area contributed by atoms with Crippen molar-refractivity contribution in [2.24, 2.45) is 0 Å². The standard InChI is InChI=1S/C14H18FN5O/c1-14(2)8-10(5-6-21-14)20-13(17-18-19-20)9-3-4-12(16)11(15)7-9/h3-4,7,10H,5-6,8,16H2,1-2H3. The number of nitrogens with two attached hydrogens (primary N) is 1. The van der Waals surface area contributed by atoms with Crippen molar-refractivity contribution in [3.8, 4) is 11.4 Å². The Morgan fingerprint density at radius 3 is 2.95 bits per heavy atom. The average Bonchev–Trinajstić information content (AvgIpc) is 2.90. The van der Waals surface area contributed by atoms with Gasteiger partial charge in [0.1, 0.15) is 5.82 Å². The van der Waals surface area contributed by atoms with Crippen molar-refractivity contribution in [3.05, 3.63) is 24.0 Å². The smallest absolute Gasteiger partial charge is 0.182 e. The Labute approximate surface area is 122 Å². The summed E-state index contributed by atoms with van der Waals surface area (Å²) in [6, 6.07) is 4.75. The summed E-state index contributed by atoms with van der Waals surface area (Å²) in [5, 5.41) is 11.9. The van der Waals surface area contributed by atoms with E-state index in [-0.39, 0.29) is 17.3 Å². The number of hydrogen-bond donors (Lipinski definition) is 1. The molecule has 0 amide bonds. The Morgan fingerprint density at radius 2 is 2.24 bits per heavy atom. The van der Waals surface area contributed by atoms with E-state index in [2.05, 4.69) is 15.5 Å². The molecule has 1 unspecified atom stereocenters. The first kappa shape index (κ1) is 13.9. The number of benzene rings is 1. The highest BCUT2D eigenvalue weighted by molar-refractivity contribution is 5.59. The minimum absolute atomic E-state index is 0.116. The van der Waals surface area contributed by atoms with Crippen LogP contribution in [0, 0.1) is 5.82 Å². The molecule has 1 aromatic carbocycles. The molecule has 1 fully saturated rings. The van der Waals surface area contributed by atoms with Crippen molar-refractivity contribution in [2.45, 2.75) is 38.3 Å². The van der Waals surface area contributed by atoms with Gasteiger partial charge in [-0.1, -0.05) is 0 Å². The molecule has 0 radical (unpaired) electrons. The maximum Gasteiger partial charge on any atom is 0.182 e. The van der Waals surface area contributed by atoms with Gasteiger partial charge >= 0.3 is 0 Å². The first-order valence-electron chi connectivity index (χ1n) is 6.93. The third kappa shape index (κ3) is 2.73. The number of halogens is 1. The summed E-state index contributed by atoms with van der Waals surface area (Å²) >= 11 is 0. The molecule has 2 heterocycles. The Kier molecular flexibility index (Phi) is 3.36. The Balaban J connectivity index is 1.95. The van der Waals surface area contributed by atoms with Gasteiger partial charge < -0.3 is 10.5 Å². The van der Waals surface area contributed by atoms with Gasteiger partial charge in [-0.2, -0.15) is 0 Å². The van der Waals surface area contributed by atoms with Gasteiger partial charge in [0.25, 0.3) is 0 Å². The number of nitrogens with zero attached hydrogens (tertiary/aromatic N) is 4. The molecule has 1 aliphatic rings. The minimum Gasteiger partial charge on any atom is -0.396 e. The van der Waals surface area contributed by atoms with E-state index in [1.165, 1.54) is 12.1 Å². The fourth-order valence-corrected chi connectivity index (χ4v) is 2.70. The molecule has 0 spiro atoms. The maximum atomic E-state index is 13.6. The van der Waals surface area contributed by atoms with Gasteiger partial charge in [0.15, 0.2) is 5.82 Å². The molecule has 6 nitrogen and oxygen atoms in total. The van der Waals surface area contributed by atoms with E-state index in [1.807, 2.05) is 13.8 Å². The molecule has 112 valence electrons. The number of tetrazole rings is 1. The molecule has 21 heavy (non-hydrogen) atoms. The lowest BCUT2D eigenvalue weighted by atomic mass is 9.94. The second kappa shape index (κ2) is 5.07. The lowest BCUT2D eigenvalue weighted by molar-refractivity contribution is -0.0707. The summed E-state index contributed by atoms with van der Waals surface area (Å²) in [7, 11) is 0. The van der Waals surface area contributed by atoms with Crippen molar-refractivity contribution in [3.63, 3.8) is 0 Å². The molecule has 1 saturated heterocycles. The second-order valence-corrected chi connectivity index (χ2v) is 5.94. The number of nitrogen functional groups attached to an aromatic ring is 1. The van der Waals surface area contributed by atoms with Crippen molar-refractivity contribution in [2.75, 3.05) is 12.3 Å². The number of hydrogen-bond acceptors (Lipinski definition) is 5. The van der Waals surface area contributed by atoms with Crippen molar-refractivity contribution < 1.29 is 9.13 Å². The largest absolute Gasteiger partial charge is 0.396 e. The van der Waals surface area contributed by atoms with Crippen LogP contribution in [0.3, 0.4) is 0 Å². The summed E-state index contributed by atoms with van der Waals surface area (Å²) in [5.41, 5.74) is 6.04. The van der Waals surface area contributed by atoms with Crippen LogP contribution in [-0.4, -0.2) is 32.4 Å². The van der Waals surface area contributed by atoms with Gasteiger partial charge in [-0.05, 0) is 55.3 Å². The summed E-state index contributed by atoms with van der Waals surface area (Å²) in [6.45, 7) is 4.76. The quantitative estimate of drug-likeness (QED) is 0.858. The van der Waals surface area contributed by atoms with Crippen LogP contribution in [0.15, 0.2) is 18.2 Å². The van der Waals surface area contributed by atoms with Crippen LogP contribution in [0.4, 0.5) is 10.1 Å². The topological polar surface area (TPSA) is 78.9 Å². The van der Waals surface area contributed by atoms with E-state index in [0.717, 1.165) is 12.8 Å². The monoisotopic (exact) mass is 291 g/mol. The highest BCUT2D eigenvalue weighted by Gasteiger charge is 2.32. The molecular weight excluding hydrogens is 273 g/mol. The van der Waals surface area contributed by atoms with Crippen LogP contribution in [0.25, 0.3) is 11.4 Å². The van der Waals surface area contributed by atoms with Crippen molar-refractivity contribution in [1.82, 2.24) is 20.2 Å². The summed E-state index contributed by atoms with van der Waals surface area (Å²) in [4.78, 5) is 0. The van der Waals surface area contributed by atoms with E-state index in [1.54, 1.807) is 10.7 Å². The normalized spacial score (nSPS) is 21.4. The SMILES string of the molecule is CC1(C)CC(n2nnnc2-c2ccc(N)c(F)c2)CCO1. The molecule has 1 aromatic heterocycles. The number of anilines is 1. The number of ether oxygens (including phenoxy) is 1. The molecule has 1 atom stereocenters. The Bertz CT molecular complexity index is 655. The van der Waals surface area contributed by atoms with E-state index >= 15 is 0 Å². The molecule has 1 aliphatic heterocycles. The lowest BCUT2D eigenvalue weighted by Gasteiger charge is -2.35. The zero-order chi connectivity index (χ0) is 15.0. The van der Waals surface area contributed by atoms with Crippen molar-refractivity contribution >= 4 is 5.69 Å². The fraction of sp³-hybridized carbons (Fsp3) is 0.500. The average molecular weight is 291 g/mol. The fourth-order valence-electron chi connectivity index (χ4n) is 2.70. The van der Waals surface area contributed by atoms with Crippen LogP contribution in [0.2, 0.25) is 0 Å². The highest BCUT2D eigenvalue weighted by Crippen LogP contribution is 2.33. The molecule has 0 bridgehead atoms. The van der Waals surface area contributed by atoms with Gasteiger partial charge in [0.05, 0.1) is 17.3 Å². The number of aromatic nitrogens is 4. The zero-order valence-electron chi connectivity index (χ0n) is 12.1. The number of rotatable bonds is 2. The first-order valence-corrected chi connectivity index (χ1v) is 6.93. The molecule has 2 aromatic rings. The minimum atomic E-state index is -0.464. The van der Waals surface area contributed by atoms with Crippen LogP contribution in [-0.2, 0) is 4.74 Å². The first-order chi connectivity index (χ1) is 9.96. The molecule has 0 aliphatic carbocycles. The third-order valence-electron chi connectivity index (χ3n) is 3.77. The maximum absolute atomic E-state index is 13.6. The predicted molar refractivity (Wildman–Crippen MR) is 75.9 cm³/mol. The summed E-state index contributed by atoms with van der Waals surface area (Å²) in [6.07, 6.45) is 1.64. The molecule has 0 saturated carbocycles. The third-order valence-corrected chi connectivity index (χ3v) is 3.77. The molecule has 3 rings (SSSR count). The van der Waals surface area contributed by atoms with E-state index in [0.29, 0.717) is 18.0 Å². The van der Waals surface area contributed by atoms with Crippen molar-refractivity contribution in [1.29, 1.82) is 0 Å².